The van der Waals surface area contributed by atoms with Crippen LogP contribution >= 0.6 is 0 Å². The quantitative estimate of drug-likeness (QED) is 0.729. The second kappa shape index (κ2) is 9.06. The predicted molar refractivity (Wildman–Crippen MR) is 81.6 cm³/mol. The maximum Gasteiger partial charge on any atom is 0.0897 e. The summed E-state index contributed by atoms with van der Waals surface area (Å²) in [5.41, 5.74) is 2.37. The number of aliphatic hydroxyl groups excluding tert-OH is 1. The topological polar surface area (TPSA) is 54.4 Å². The molecule has 0 aliphatic carbocycles. The lowest BCUT2D eigenvalue weighted by molar-refractivity contribution is -0.00857. The van der Waals surface area contributed by atoms with E-state index in [4.69, 9.17) is 4.74 Å². The maximum atomic E-state index is 9.88. The van der Waals surface area contributed by atoms with E-state index in [9.17, 15) is 5.11 Å². The molecule has 0 amide bonds. The molecule has 0 aromatic carbocycles. The van der Waals surface area contributed by atoms with E-state index in [1.165, 1.54) is 5.56 Å². The van der Waals surface area contributed by atoms with Gasteiger partial charge in [0.15, 0.2) is 0 Å². The third-order valence-electron chi connectivity index (χ3n) is 3.22. The van der Waals surface area contributed by atoms with Gasteiger partial charge in [-0.25, -0.2) is 0 Å². The third-order valence-corrected chi connectivity index (χ3v) is 3.22. The van der Waals surface area contributed by atoms with Crippen LogP contribution in [0.1, 0.15) is 38.3 Å². The zero-order valence-corrected chi connectivity index (χ0v) is 13.1. The van der Waals surface area contributed by atoms with Crippen molar-refractivity contribution in [3.05, 3.63) is 29.6 Å². The Kier molecular flexibility index (Phi) is 7.73. The van der Waals surface area contributed by atoms with Gasteiger partial charge in [0.05, 0.1) is 18.8 Å². The molecule has 4 heteroatoms. The molecule has 0 bridgehead atoms. The van der Waals surface area contributed by atoms with Crippen LogP contribution in [-0.2, 0) is 11.3 Å². The zero-order valence-electron chi connectivity index (χ0n) is 13.1. The van der Waals surface area contributed by atoms with E-state index < -0.39 is 6.10 Å². The molecule has 1 aromatic heterocycles. The summed E-state index contributed by atoms with van der Waals surface area (Å²) in [6, 6.07) is 1.99. The summed E-state index contributed by atoms with van der Waals surface area (Å²) in [6.07, 6.45) is 4.40. The summed E-state index contributed by atoms with van der Waals surface area (Å²) in [5, 5.41) is 13.1. The number of aliphatic hydroxyl groups is 1. The monoisotopic (exact) mass is 280 g/mol. The number of pyridine rings is 1. The number of hydrogen-bond donors (Lipinski definition) is 2. The minimum absolute atomic E-state index is 0.199. The molecule has 0 aliphatic rings. The maximum absolute atomic E-state index is 9.88. The largest absolute Gasteiger partial charge is 0.389 e. The Labute approximate surface area is 122 Å². The first-order chi connectivity index (χ1) is 9.49. The van der Waals surface area contributed by atoms with Gasteiger partial charge in [0.2, 0.25) is 0 Å². The Morgan fingerprint density at radius 1 is 1.35 bits per heavy atom. The van der Waals surface area contributed by atoms with Gasteiger partial charge < -0.3 is 15.2 Å². The Bertz CT molecular complexity index is 382. The average molecular weight is 280 g/mol. The summed E-state index contributed by atoms with van der Waals surface area (Å²) in [4.78, 5) is 4.10. The van der Waals surface area contributed by atoms with Crippen LogP contribution in [0.5, 0.6) is 0 Å². The standard InChI is InChI=1S/C16H28N2O2/c1-12(2)7-14(4)20-11-16(19)10-18-9-15-8-17-6-5-13(15)3/h5-6,8,12,14,16,18-19H,7,9-11H2,1-4H3. The summed E-state index contributed by atoms with van der Waals surface area (Å²) in [7, 11) is 0. The second-order valence-electron chi connectivity index (χ2n) is 5.86. The van der Waals surface area contributed by atoms with Crippen LogP contribution in [0, 0.1) is 12.8 Å². The van der Waals surface area contributed by atoms with Crippen LogP contribution in [0.25, 0.3) is 0 Å². The van der Waals surface area contributed by atoms with Gasteiger partial charge in [0.1, 0.15) is 0 Å². The molecular formula is C16H28N2O2. The van der Waals surface area contributed by atoms with Crippen molar-refractivity contribution in [2.75, 3.05) is 13.2 Å². The van der Waals surface area contributed by atoms with Gasteiger partial charge >= 0.3 is 0 Å². The molecule has 0 radical (unpaired) electrons. The average Bonchev–Trinajstić information content (AvgIpc) is 2.38. The van der Waals surface area contributed by atoms with Crippen molar-refractivity contribution < 1.29 is 9.84 Å². The van der Waals surface area contributed by atoms with Crippen LogP contribution in [-0.4, -0.2) is 35.5 Å². The van der Waals surface area contributed by atoms with Gasteiger partial charge in [-0.2, -0.15) is 0 Å². The lowest BCUT2D eigenvalue weighted by Crippen LogP contribution is -2.31. The van der Waals surface area contributed by atoms with Crippen molar-refractivity contribution in [3.63, 3.8) is 0 Å². The molecule has 1 rings (SSSR count). The molecule has 1 aromatic rings. The molecule has 20 heavy (non-hydrogen) atoms. The fourth-order valence-electron chi connectivity index (χ4n) is 2.12. The molecule has 2 unspecified atom stereocenters. The van der Waals surface area contributed by atoms with E-state index >= 15 is 0 Å². The van der Waals surface area contributed by atoms with Crippen LogP contribution in [0.15, 0.2) is 18.5 Å². The third kappa shape index (κ3) is 6.98. The number of ether oxygens (including phenoxy) is 1. The van der Waals surface area contributed by atoms with Crippen LogP contribution in [0.2, 0.25) is 0 Å². The highest BCUT2D eigenvalue weighted by molar-refractivity contribution is 5.20. The summed E-state index contributed by atoms with van der Waals surface area (Å²) in [6.45, 7) is 10.1. The van der Waals surface area contributed by atoms with Crippen molar-refractivity contribution >= 4 is 0 Å². The lowest BCUT2D eigenvalue weighted by atomic mass is 10.1. The molecular weight excluding hydrogens is 252 g/mol. The Hall–Kier alpha value is -0.970. The summed E-state index contributed by atoms with van der Waals surface area (Å²) < 4.78 is 5.64. The van der Waals surface area contributed by atoms with Crippen molar-refractivity contribution in [1.29, 1.82) is 0 Å². The van der Waals surface area contributed by atoms with Crippen molar-refractivity contribution in [1.82, 2.24) is 10.3 Å². The minimum atomic E-state index is -0.471. The van der Waals surface area contributed by atoms with E-state index in [0.717, 1.165) is 18.5 Å². The summed E-state index contributed by atoms with van der Waals surface area (Å²) in [5.74, 6) is 0.619. The normalized spacial score (nSPS) is 14.5. The van der Waals surface area contributed by atoms with Crippen LogP contribution in [0.4, 0.5) is 0 Å². The van der Waals surface area contributed by atoms with Crippen molar-refractivity contribution in [2.45, 2.75) is 52.9 Å². The minimum Gasteiger partial charge on any atom is -0.389 e. The highest BCUT2D eigenvalue weighted by atomic mass is 16.5. The molecule has 0 aliphatic heterocycles. The van der Waals surface area contributed by atoms with Crippen LogP contribution < -0.4 is 5.32 Å². The van der Waals surface area contributed by atoms with Crippen molar-refractivity contribution in [2.24, 2.45) is 5.92 Å². The molecule has 0 saturated heterocycles. The van der Waals surface area contributed by atoms with E-state index in [2.05, 4.69) is 38.0 Å². The molecule has 2 N–H and O–H groups in total. The number of nitrogens with zero attached hydrogens (tertiary/aromatic N) is 1. The SMILES string of the molecule is Cc1ccncc1CNCC(O)COC(C)CC(C)C. The first-order valence-electron chi connectivity index (χ1n) is 7.39. The molecule has 1 heterocycles. The number of aryl methyl sites for hydroxylation is 1. The molecule has 0 saturated carbocycles. The van der Waals surface area contributed by atoms with E-state index in [-0.39, 0.29) is 6.10 Å². The zero-order chi connectivity index (χ0) is 15.0. The number of hydrogen-bond acceptors (Lipinski definition) is 4. The van der Waals surface area contributed by atoms with E-state index in [1.807, 2.05) is 12.3 Å². The first-order valence-corrected chi connectivity index (χ1v) is 7.39. The molecule has 0 spiro atoms. The van der Waals surface area contributed by atoms with Gasteiger partial charge in [0, 0.05) is 25.5 Å². The molecule has 0 fully saturated rings. The van der Waals surface area contributed by atoms with Gasteiger partial charge in [0.25, 0.3) is 0 Å². The Morgan fingerprint density at radius 3 is 2.75 bits per heavy atom. The van der Waals surface area contributed by atoms with Gasteiger partial charge in [-0.3, -0.25) is 4.98 Å². The summed E-state index contributed by atoms with van der Waals surface area (Å²) >= 11 is 0. The van der Waals surface area contributed by atoms with Gasteiger partial charge in [-0.05, 0) is 43.4 Å². The fraction of sp³-hybridized carbons (Fsp3) is 0.688. The lowest BCUT2D eigenvalue weighted by Gasteiger charge is -2.18. The first kappa shape index (κ1) is 17.1. The number of nitrogens with one attached hydrogen (secondary N) is 1. The van der Waals surface area contributed by atoms with Crippen LogP contribution in [0.3, 0.4) is 0 Å². The van der Waals surface area contributed by atoms with E-state index in [0.29, 0.717) is 19.1 Å². The predicted octanol–water partition coefficient (Wildman–Crippen LogP) is 2.29. The molecule has 2 atom stereocenters. The molecule has 114 valence electrons. The van der Waals surface area contributed by atoms with E-state index in [1.54, 1.807) is 6.20 Å². The van der Waals surface area contributed by atoms with Crippen molar-refractivity contribution in [3.8, 4) is 0 Å². The Balaban J connectivity index is 2.17. The van der Waals surface area contributed by atoms with Gasteiger partial charge in [-0.1, -0.05) is 13.8 Å². The smallest absolute Gasteiger partial charge is 0.0897 e. The highest BCUT2D eigenvalue weighted by Crippen LogP contribution is 2.08. The second-order valence-corrected chi connectivity index (χ2v) is 5.86. The number of rotatable bonds is 9. The molecule has 4 nitrogen and oxygen atoms in total. The fourth-order valence-corrected chi connectivity index (χ4v) is 2.12. The number of aromatic nitrogens is 1. The Morgan fingerprint density at radius 2 is 2.10 bits per heavy atom. The highest BCUT2D eigenvalue weighted by Gasteiger charge is 2.09. The van der Waals surface area contributed by atoms with Gasteiger partial charge in [-0.15, -0.1) is 0 Å².